The predicted molar refractivity (Wildman–Crippen MR) is 90.9 cm³/mol. The van der Waals surface area contributed by atoms with Crippen molar-refractivity contribution in [2.45, 2.75) is 9.79 Å². The second-order valence-corrected chi connectivity index (χ2v) is 7.08. The Bertz CT molecular complexity index is 1030. The molecule has 2 aromatic rings. The Morgan fingerprint density at radius 3 is 0.933 bits per heavy atom. The molecule has 158 valence electrons. The fraction of sp³-hybridized carbons (Fsp3) is 0. The molecule has 30 heavy (non-hydrogen) atoms. The fourth-order valence-corrected chi connectivity index (χ4v) is 4.60. The van der Waals surface area contributed by atoms with Crippen LogP contribution < -0.4 is 0 Å². The lowest BCUT2D eigenvalue weighted by Crippen LogP contribution is -2.06. The van der Waals surface area contributed by atoms with Gasteiger partial charge in [0.15, 0.2) is 0 Å². The van der Waals surface area contributed by atoms with Crippen LogP contribution >= 0.6 is 21.6 Å². The van der Waals surface area contributed by atoms with Crippen molar-refractivity contribution in [1.29, 1.82) is 0 Å². The zero-order valence-corrected chi connectivity index (χ0v) is 15.4. The van der Waals surface area contributed by atoms with E-state index in [-0.39, 0.29) is 21.6 Å². The molecule has 6 N–H and O–H groups in total. The van der Waals surface area contributed by atoms with Crippen LogP contribution in [0.25, 0.3) is 0 Å². The van der Waals surface area contributed by atoms with Crippen molar-refractivity contribution in [3.63, 3.8) is 0 Å². The molecule has 0 aromatic carbocycles. The zero-order chi connectivity index (χ0) is 22.9. The summed E-state index contributed by atoms with van der Waals surface area (Å²) < 4.78 is 9.11. The van der Waals surface area contributed by atoms with Gasteiger partial charge in [-0.3, -0.25) is 0 Å². The molecule has 0 fully saturated rings. The van der Waals surface area contributed by atoms with Crippen molar-refractivity contribution in [3.05, 3.63) is 34.2 Å². The van der Waals surface area contributed by atoms with Gasteiger partial charge in [0.2, 0.25) is 23.0 Å². The molecule has 0 atom stereocenters. The van der Waals surface area contributed by atoms with Gasteiger partial charge in [0, 0.05) is 0 Å². The van der Waals surface area contributed by atoms with E-state index in [1.807, 2.05) is 0 Å². The largest absolute Gasteiger partial charge is 0.478 e. The van der Waals surface area contributed by atoms with Crippen LogP contribution in [0.4, 0.5) is 0 Å². The maximum Gasteiger partial charge on any atom is 0.373 e. The maximum absolute atomic E-state index is 11.4. The van der Waals surface area contributed by atoms with Crippen molar-refractivity contribution in [3.8, 4) is 0 Å². The Balaban J connectivity index is 2.67. The van der Waals surface area contributed by atoms with E-state index < -0.39 is 79.8 Å². The molecule has 2 heterocycles. The summed E-state index contributed by atoms with van der Waals surface area (Å²) in [7, 11) is 0.256. The van der Waals surface area contributed by atoms with Gasteiger partial charge in [-0.2, -0.15) is 0 Å². The van der Waals surface area contributed by atoms with Crippen LogP contribution in [0.1, 0.15) is 62.9 Å². The van der Waals surface area contributed by atoms with Crippen LogP contribution in [0.2, 0.25) is 0 Å². The van der Waals surface area contributed by atoms with Gasteiger partial charge in [-0.15, -0.1) is 0 Å². The molecule has 0 saturated carbocycles. The summed E-state index contributed by atoms with van der Waals surface area (Å²) in [4.78, 5) is 66.2. The predicted octanol–water partition coefficient (Wildman–Crippen LogP) is 1.86. The Labute approximate surface area is 170 Å². The first-order chi connectivity index (χ1) is 13.9. The van der Waals surface area contributed by atoms with Gasteiger partial charge < -0.3 is 39.5 Å². The third-order valence-corrected chi connectivity index (χ3v) is 5.59. The van der Waals surface area contributed by atoms with Gasteiger partial charge in [-0.1, -0.05) is 0 Å². The highest BCUT2D eigenvalue weighted by atomic mass is 33.1. The third kappa shape index (κ3) is 3.94. The van der Waals surface area contributed by atoms with E-state index >= 15 is 0 Å². The molecule has 16 heteroatoms. The summed E-state index contributed by atoms with van der Waals surface area (Å²) in [5.41, 5.74) is -2.18. The molecule has 0 spiro atoms. The van der Waals surface area contributed by atoms with Crippen molar-refractivity contribution < 1.29 is 68.2 Å². The van der Waals surface area contributed by atoms with Gasteiger partial charge in [0.05, 0.1) is 9.79 Å². The Morgan fingerprint density at radius 1 is 0.467 bits per heavy atom. The highest BCUT2D eigenvalue weighted by molar-refractivity contribution is 8.76. The minimum atomic E-state index is -1.92. The number of rotatable bonds is 9. The molecular weight excluding hydrogens is 456 g/mol. The van der Waals surface area contributed by atoms with E-state index in [2.05, 4.69) is 8.83 Å². The van der Waals surface area contributed by atoms with E-state index in [0.29, 0.717) is 0 Å². The molecule has 0 radical (unpaired) electrons. The fourth-order valence-electron chi connectivity index (χ4n) is 2.05. The number of hydrogen-bond donors (Lipinski definition) is 6. The SMILES string of the molecule is O=C(O)c1oc(C(=O)O)c(C(=O)O)c1SSc1c(C(=O)O)oc(C(=O)O)c1C(=O)O. The first kappa shape index (κ1) is 22.4. The van der Waals surface area contributed by atoms with Crippen LogP contribution in [-0.4, -0.2) is 66.5 Å². The molecule has 0 bridgehead atoms. The molecule has 0 aliphatic heterocycles. The highest BCUT2D eigenvalue weighted by Crippen LogP contribution is 2.46. The summed E-state index contributed by atoms with van der Waals surface area (Å²) >= 11 is 0. The summed E-state index contributed by atoms with van der Waals surface area (Å²) in [6.07, 6.45) is 0. The molecular formula is C14H6O14S2. The van der Waals surface area contributed by atoms with Gasteiger partial charge in [0.1, 0.15) is 11.1 Å². The summed E-state index contributed by atoms with van der Waals surface area (Å²) in [6.45, 7) is 0. The second kappa shape index (κ2) is 8.21. The molecule has 2 aromatic heterocycles. The number of carbonyl (C=O) groups is 6. The molecule has 0 saturated heterocycles. The van der Waals surface area contributed by atoms with Crippen molar-refractivity contribution in [2.24, 2.45) is 0 Å². The molecule has 0 aliphatic carbocycles. The zero-order valence-electron chi connectivity index (χ0n) is 13.8. The van der Waals surface area contributed by atoms with Crippen LogP contribution in [0.3, 0.4) is 0 Å². The van der Waals surface area contributed by atoms with E-state index in [1.54, 1.807) is 0 Å². The standard InChI is InChI=1S/C14H6O14S2/c15-9(16)1-3(11(19)20)27-5(13(23)24)7(1)29-30-8-2(10(17)18)4(12(21)22)28-6(8)14(25)26/h(H,15,16)(H,17,18)(H,19,20)(H,21,22)(H,23,24)(H,25,26). The molecule has 14 nitrogen and oxygen atoms in total. The number of hydrogen-bond acceptors (Lipinski definition) is 10. The Morgan fingerprint density at radius 2 is 0.733 bits per heavy atom. The molecule has 2 rings (SSSR count). The van der Waals surface area contributed by atoms with Gasteiger partial charge >= 0.3 is 35.8 Å². The Kier molecular flexibility index (Phi) is 6.12. The van der Waals surface area contributed by atoms with Crippen LogP contribution in [0.15, 0.2) is 18.6 Å². The monoisotopic (exact) mass is 462 g/mol. The maximum atomic E-state index is 11.4. The molecule has 0 amide bonds. The lowest BCUT2D eigenvalue weighted by atomic mass is 10.2. The van der Waals surface area contributed by atoms with Crippen LogP contribution in [0, 0.1) is 0 Å². The number of carboxylic acid groups (broad SMARTS) is 6. The summed E-state index contributed by atoms with van der Waals surface area (Å²) in [5, 5.41) is 54.8. The summed E-state index contributed by atoms with van der Waals surface area (Å²) in [6, 6.07) is 0. The van der Waals surface area contributed by atoms with E-state index in [4.69, 9.17) is 20.4 Å². The van der Waals surface area contributed by atoms with E-state index in [1.165, 1.54) is 0 Å². The highest BCUT2D eigenvalue weighted by Gasteiger charge is 2.36. The van der Waals surface area contributed by atoms with Crippen molar-refractivity contribution >= 4 is 57.4 Å². The molecule has 0 unspecified atom stereocenters. The number of carboxylic acids is 6. The average Bonchev–Trinajstić information content (AvgIpc) is 3.18. The second-order valence-electron chi connectivity index (χ2n) is 4.93. The quantitative estimate of drug-likeness (QED) is 0.291. The smallest absolute Gasteiger partial charge is 0.373 e. The summed E-state index contributed by atoms with van der Waals surface area (Å²) in [5.74, 6) is -16.1. The normalized spacial score (nSPS) is 10.5. The van der Waals surface area contributed by atoms with E-state index in [9.17, 15) is 39.0 Å². The number of aromatic carboxylic acids is 6. The topological polar surface area (TPSA) is 250 Å². The number of furan rings is 2. The lowest BCUT2D eigenvalue weighted by Gasteiger charge is -2.02. The average molecular weight is 462 g/mol. The van der Waals surface area contributed by atoms with E-state index in [0.717, 1.165) is 0 Å². The first-order valence-electron chi connectivity index (χ1n) is 6.96. The minimum absolute atomic E-state index is 0.128. The Hall–Kier alpha value is -3.92. The van der Waals surface area contributed by atoms with Gasteiger partial charge in [-0.25, -0.2) is 28.8 Å². The lowest BCUT2D eigenvalue weighted by molar-refractivity contribution is 0.0601. The van der Waals surface area contributed by atoms with Crippen LogP contribution in [-0.2, 0) is 0 Å². The minimum Gasteiger partial charge on any atom is -0.478 e. The van der Waals surface area contributed by atoms with Crippen molar-refractivity contribution in [2.75, 3.05) is 0 Å². The first-order valence-corrected chi connectivity index (χ1v) is 9.11. The van der Waals surface area contributed by atoms with Gasteiger partial charge in [-0.05, 0) is 21.6 Å². The van der Waals surface area contributed by atoms with Gasteiger partial charge in [0.25, 0.3) is 0 Å². The molecule has 0 aliphatic rings. The van der Waals surface area contributed by atoms with Crippen molar-refractivity contribution in [1.82, 2.24) is 0 Å². The third-order valence-electron chi connectivity index (χ3n) is 3.14. The van der Waals surface area contributed by atoms with Crippen LogP contribution in [0.5, 0.6) is 0 Å².